The van der Waals surface area contributed by atoms with Crippen molar-refractivity contribution in [2.24, 2.45) is 0 Å². The van der Waals surface area contributed by atoms with Gasteiger partial charge in [0.25, 0.3) is 0 Å². The number of hydrogen-bond acceptors (Lipinski definition) is 4. The van der Waals surface area contributed by atoms with E-state index >= 15 is 0 Å². The van der Waals surface area contributed by atoms with E-state index in [4.69, 9.17) is 6.42 Å². The van der Waals surface area contributed by atoms with Crippen molar-refractivity contribution in [1.29, 1.82) is 0 Å². The highest BCUT2D eigenvalue weighted by molar-refractivity contribution is 7.09. The summed E-state index contributed by atoms with van der Waals surface area (Å²) in [5, 5.41) is 4.17. The SMILES string of the molecule is C#CCCCCNc1nc(C(C)C)ns1. The maximum absolute atomic E-state index is 5.17. The average molecular weight is 223 g/mol. The summed E-state index contributed by atoms with van der Waals surface area (Å²) in [4.78, 5) is 4.38. The molecule has 4 heteroatoms. The van der Waals surface area contributed by atoms with Crippen molar-refractivity contribution in [3.8, 4) is 12.3 Å². The number of terminal acetylenes is 1. The van der Waals surface area contributed by atoms with E-state index in [1.807, 2.05) is 0 Å². The first-order valence-corrected chi connectivity index (χ1v) is 6.02. The minimum absolute atomic E-state index is 0.401. The minimum atomic E-state index is 0.401. The second kappa shape index (κ2) is 6.41. The lowest BCUT2D eigenvalue weighted by Gasteiger charge is -2.00. The number of nitrogens with zero attached hydrogens (tertiary/aromatic N) is 2. The van der Waals surface area contributed by atoms with Gasteiger partial charge in [0.05, 0.1) is 0 Å². The highest BCUT2D eigenvalue weighted by atomic mass is 32.1. The van der Waals surface area contributed by atoms with Crippen LogP contribution >= 0.6 is 11.5 Å². The molecule has 0 radical (unpaired) electrons. The second-order valence-corrected chi connectivity index (χ2v) is 4.45. The van der Waals surface area contributed by atoms with E-state index in [2.05, 4.69) is 34.4 Å². The summed E-state index contributed by atoms with van der Waals surface area (Å²) >= 11 is 1.43. The molecule has 3 nitrogen and oxygen atoms in total. The van der Waals surface area contributed by atoms with Crippen molar-refractivity contribution < 1.29 is 0 Å². The van der Waals surface area contributed by atoms with Crippen LogP contribution in [0.3, 0.4) is 0 Å². The highest BCUT2D eigenvalue weighted by Gasteiger charge is 2.06. The van der Waals surface area contributed by atoms with Crippen LogP contribution in [0.2, 0.25) is 0 Å². The molecule has 0 unspecified atom stereocenters. The first-order valence-electron chi connectivity index (χ1n) is 5.25. The number of aromatic nitrogens is 2. The summed E-state index contributed by atoms with van der Waals surface area (Å²) in [6.45, 7) is 5.12. The van der Waals surface area contributed by atoms with E-state index < -0.39 is 0 Å². The molecule has 1 N–H and O–H groups in total. The van der Waals surface area contributed by atoms with E-state index in [0.717, 1.165) is 36.8 Å². The number of anilines is 1. The Morgan fingerprint density at radius 1 is 1.47 bits per heavy atom. The van der Waals surface area contributed by atoms with Gasteiger partial charge in [-0.25, -0.2) is 4.98 Å². The van der Waals surface area contributed by atoms with Gasteiger partial charge >= 0.3 is 0 Å². The Morgan fingerprint density at radius 3 is 2.87 bits per heavy atom. The third-order valence-corrected chi connectivity index (χ3v) is 2.67. The third kappa shape index (κ3) is 4.30. The zero-order valence-corrected chi connectivity index (χ0v) is 10.1. The molecule has 0 atom stereocenters. The van der Waals surface area contributed by atoms with Gasteiger partial charge in [0.1, 0.15) is 5.82 Å². The third-order valence-electron chi connectivity index (χ3n) is 1.98. The molecule has 0 fully saturated rings. The standard InChI is InChI=1S/C11H17N3S/c1-4-5-6-7-8-12-11-13-10(9(2)3)14-15-11/h1,9H,5-8H2,2-3H3,(H,12,13,14). The zero-order valence-electron chi connectivity index (χ0n) is 9.29. The number of unbranched alkanes of at least 4 members (excludes halogenated alkanes) is 2. The molecule has 1 aromatic rings. The molecular weight excluding hydrogens is 206 g/mol. The molecule has 0 aliphatic carbocycles. The molecule has 0 spiro atoms. The lowest BCUT2D eigenvalue weighted by molar-refractivity contribution is 0.781. The van der Waals surface area contributed by atoms with Gasteiger partial charge in [-0.2, -0.15) is 4.37 Å². The quantitative estimate of drug-likeness (QED) is 0.595. The maximum atomic E-state index is 5.17. The van der Waals surface area contributed by atoms with E-state index in [1.54, 1.807) is 0 Å². The zero-order chi connectivity index (χ0) is 11.1. The van der Waals surface area contributed by atoms with Crippen molar-refractivity contribution in [1.82, 2.24) is 9.36 Å². The lowest BCUT2D eigenvalue weighted by atomic mass is 10.2. The Labute approximate surface area is 95.5 Å². The molecule has 0 saturated carbocycles. The fourth-order valence-corrected chi connectivity index (χ4v) is 1.82. The smallest absolute Gasteiger partial charge is 0.202 e. The van der Waals surface area contributed by atoms with Crippen LogP contribution in [0.5, 0.6) is 0 Å². The average Bonchev–Trinajstić information content (AvgIpc) is 2.66. The Balaban J connectivity index is 2.23. The van der Waals surface area contributed by atoms with Crippen LogP contribution in [0.1, 0.15) is 44.9 Å². The predicted molar refractivity (Wildman–Crippen MR) is 65.2 cm³/mol. The van der Waals surface area contributed by atoms with Gasteiger partial charge in [-0.3, -0.25) is 0 Å². The van der Waals surface area contributed by atoms with E-state index in [-0.39, 0.29) is 0 Å². The van der Waals surface area contributed by atoms with Crippen molar-refractivity contribution in [3.05, 3.63) is 5.82 Å². The van der Waals surface area contributed by atoms with Crippen LogP contribution in [0.25, 0.3) is 0 Å². The van der Waals surface area contributed by atoms with Crippen molar-refractivity contribution in [2.45, 2.75) is 39.0 Å². The topological polar surface area (TPSA) is 37.8 Å². The van der Waals surface area contributed by atoms with Crippen molar-refractivity contribution in [3.63, 3.8) is 0 Å². The van der Waals surface area contributed by atoms with Crippen LogP contribution in [-0.2, 0) is 0 Å². The van der Waals surface area contributed by atoms with Gasteiger partial charge in [0.15, 0.2) is 0 Å². The largest absolute Gasteiger partial charge is 0.360 e. The van der Waals surface area contributed by atoms with Gasteiger partial charge in [-0.15, -0.1) is 12.3 Å². The van der Waals surface area contributed by atoms with E-state index in [9.17, 15) is 0 Å². The summed E-state index contributed by atoms with van der Waals surface area (Å²) in [7, 11) is 0. The summed E-state index contributed by atoms with van der Waals surface area (Å²) in [5.74, 6) is 3.96. The van der Waals surface area contributed by atoms with Crippen LogP contribution in [0, 0.1) is 12.3 Å². The Morgan fingerprint density at radius 2 is 2.27 bits per heavy atom. The van der Waals surface area contributed by atoms with Crippen LogP contribution in [0.15, 0.2) is 0 Å². The molecule has 0 saturated heterocycles. The Kier molecular flexibility index (Phi) is 5.13. The summed E-state index contributed by atoms with van der Waals surface area (Å²) in [6.07, 6.45) is 8.18. The molecule has 15 heavy (non-hydrogen) atoms. The van der Waals surface area contributed by atoms with Crippen LogP contribution < -0.4 is 5.32 Å². The maximum Gasteiger partial charge on any atom is 0.202 e. The fraction of sp³-hybridized carbons (Fsp3) is 0.636. The van der Waals surface area contributed by atoms with Gasteiger partial charge in [-0.05, 0) is 12.8 Å². The van der Waals surface area contributed by atoms with E-state index in [0.29, 0.717) is 5.92 Å². The van der Waals surface area contributed by atoms with Gasteiger partial charge in [0.2, 0.25) is 5.13 Å². The molecule has 0 aliphatic heterocycles. The summed E-state index contributed by atoms with van der Waals surface area (Å²) in [5.41, 5.74) is 0. The molecule has 0 amide bonds. The van der Waals surface area contributed by atoms with Crippen LogP contribution in [0.4, 0.5) is 5.13 Å². The normalized spacial score (nSPS) is 10.3. The Hall–Kier alpha value is -1.08. The first kappa shape index (κ1) is 12.0. The predicted octanol–water partition coefficient (Wildman–Crippen LogP) is 2.88. The van der Waals surface area contributed by atoms with E-state index in [1.165, 1.54) is 11.5 Å². The molecule has 1 heterocycles. The summed E-state index contributed by atoms with van der Waals surface area (Å²) < 4.78 is 4.27. The number of nitrogens with one attached hydrogen (secondary N) is 1. The molecule has 82 valence electrons. The van der Waals surface area contributed by atoms with Crippen molar-refractivity contribution in [2.75, 3.05) is 11.9 Å². The number of rotatable bonds is 6. The molecule has 1 rings (SSSR count). The Bertz CT molecular complexity index is 325. The second-order valence-electron chi connectivity index (χ2n) is 3.70. The lowest BCUT2D eigenvalue weighted by Crippen LogP contribution is -2.01. The highest BCUT2D eigenvalue weighted by Crippen LogP contribution is 2.17. The molecule has 0 aliphatic rings. The monoisotopic (exact) mass is 223 g/mol. The molecule has 0 aromatic carbocycles. The fourth-order valence-electron chi connectivity index (χ4n) is 1.09. The van der Waals surface area contributed by atoms with Crippen molar-refractivity contribution >= 4 is 16.7 Å². The summed E-state index contributed by atoms with van der Waals surface area (Å²) in [6, 6.07) is 0. The molecular formula is C11H17N3S. The molecule has 1 aromatic heterocycles. The van der Waals surface area contributed by atoms with Gasteiger partial charge in [-0.1, -0.05) is 13.8 Å². The molecule has 0 bridgehead atoms. The minimum Gasteiger partial charge on any atom is -0.360 e. The number of hydrogen-bond donors (Lipinski definition) is 1. The van der Waals surface area contributed by atoms with Crippen LogP contribution in [-0.4, -0.2) is 15.9 Å². The van der Waals surface area contributed by atoms with Gasteiger partial charge < -0.3 is 5.32 Å². The van der Waals surface area contributed by atoms with Gasteiger partial charge in [0, 0.05) is 30.4 Å². The first-order chi connectivity index (χ1) is 7.24.